The van der Waals surface area contributed by atoms with E-state index in [2.05, 4.69) is 5.32 Å². The Labute approximate surface area is 119 Å². The molecule has 1 aromatic rings. The molecule has 1 aliphatic carbocycles. The molecule has 2 fully saturated rings. The van der Waals surface area contributed by atoms with E-state index in [0.29, 0.717) is 18.4 Å². The van der Waals surface area contributed by atoms with Crippen LogP contribution >= 0.6 is 11.8 Å². The van der Waals surface area contributed by atoms with Crippen molar-refractivity contribution in [1.82, 2.24) is 5.32 Å². The first-order valence-electron chi connectivity index (χ1n) is 6.37. The monoisotopic (exact) mass is 293 g/mol. The molecule has 2 atom stereocenters. The number of amides is 2. The number of hydrogen-bond donors (Lipinski definition) is 1. The minimum atomic E-state index is -0.970. The fourth-order valence-corrected chi connectivity index (χ4v) is 4.22. The van der Waals surface area contributed by atoms with Gasteiger partial charge in [-0.15, -0.1) is 0 Å². The summed E-state index contributed by atoms with van der Waals surface area (Å²) in [5.41, 5.74) is 0.337. The van der Waals surface area contributed by atoms with Crippen LogP contribution in [0.5, 0.6) is 0 Å². The highest BCUT2D eigenvalue weighted by atomic mass is 32.2. The quantitative estimate of drug-likeness (QED) is 0.846. The second kappa shape index (κ2) is 4.70. The molecule has 0 spiro atoms. The summed E-state index contributed by atoms with van der Waals surface area (Å²) in [6, 6.07) is 5.19. The highest BCUT2D eigenvalue weighted by Gasteiger charge is 2.59. The molecule has 1 aromatic carbocycles. The smallest absolute Gasteiger partial charge is 0.244 e. The first-order valence-corrected chi connectivity index (χ1v) is 7.19. The zero-order valence-corrected chi connectivity index (χ0v) is 11.3. The molecule has 0 unspecified atom stereocenters. The van der Waals surface area contributed by atoms with Crippen molar-refractivity contribution in [2.45, 2.75) is 24.0 Å². The molecule has 1 heterocycles. The van der Waals surface area contributed by atoms with Gasteiger partial charge in [-0.05, 0) is 37.1 Å². The Morgan fingerprint density at radius 3 is 2.70 bits per heavy atom. The summed E-state index contributed by atoms with van der Waals surface area (Å²) in [6.07, 6.45) is 1.90. The van der Waals surface area contributed by atoms with Gasteiger partial charge >= 0.3 is 0 Å². The normalized spacial score (nSPS) is 28.4. The number of nitrogens with one attached hydrogen (secondary N) is 1. The highest BCUT2D eigenvalue weighted by molar-refractivity contribution is 8.16. The molecule has 0 radical (unpaired) electrons. The van der Waals surface area contributed by atoms with E-state index in [9.17, 15) is 18.8 Å². The van der Waals surface area contributed by atoms with E-state index >= 15 is 0 Å². The Kier molecular flexibility index (Phi) is 3.12. The summed E-state index contributed by atoms with van der Waals surface area (Å²) in [4.78, 5) is 36.0. The Hall–Kier alpha value is -1.69. The molecule has 1 saturated carbocycles. The predicted octanol–water partition coefficient (Wildman–Crippen LogP) is 1.89. The van der Waals surface area contributed by atoms with Gasteiger partial charge in [0.15, 0.2) is 0 Å². The lowest BCUT2D eigenvalue weighted by molar-refractivity contribution is -0.126. The number of thioether (sulfide) groups is 1. The van der Waals surface area contributed by atoms with Crippen LogP contribution in [0, 0.1) is 11.7 Å². The van der Waals surface area contributed by atoms with Gasteiger partial charge in [-0.3, -0.25) is 19.7 Å². The molecule has 1 N–H and O–H groups in total. The predicted molar refractivity (Wildman–Crippen MR) is 71.5 cm³/mol. The van der Waals surface area contributed by atoms with Crippen molar-refractivity contribution in [2.75, 3.05) is 0 Å². The van der Waals surface area contributed by atoms with Crippen molar-refractivity contribution in [3.8, 4) is 0 Å². The van der Waals surface area contributed by atoms with Crippen molar-refractivity contribution in [3.63, 3.8) is 0 Å². The average Bonchev–Trinajstić information content (AvgIpc) is 2.92. The molecule has 4 nitrogen and oxygen atoms in total. The van der Waals surface area contributed by atoms with Crippen LogP contribution in [0.15, 0.2) is 24.3 Å². The van der Waals surface area contributed by atoms with E-state index in [1.807, 2.05) is 0 Å². The van der Waals surface area contributed by atoms with E-state index in [4.69, 9.17) is 0 Å². The molecule has 2 aliphatic rings. The molecular weight excluding hydrogens is 281 g/mol. The maximum absolute atomic E-state index is 12.9. The van der Waals surface area contributed by atoms with Gasteiger partial charge in [-0.1, -0.05) is 18.2 Å². The summed E-state index contributed by atoms with van der Waals surface area (Å²) in [6.45, 7) is 0. The Morgan fingerprint density at radius 1 is 1.30 bits per heavy atom. The Balaban J connectivity index is 1.86. The molecule has 6 heteroatoms. The van der Waals surface area contributed by atoms with Crippen molar-refractivity contribution < 1.29 is 18.8 Å². The average molecular weight is 293 g/mol. The zero-order valence-electron chi connectivity index (χ0n) is 10.5. The summed E-state index contributed by atoms with van der Waals surface area (Å²) in [5, 5.41) is 2.01. The van der Waals surface area contributed by atoms with Crippen molar-refractivity contribution in [2.24, 2.45) is 5.92 Å². The van der Waals surface area contributed by atoms with Gasteiger partial charge < -0.3 is 0 Å². The van der Waals surface area contributed by atoms with Gasteiger partial charge in [0.05, 0.1) is 5.92 Å². The van der Waals surface area contributed by atoms with Gasteiger partial charge in [0.1, 0.15) is 10.6 Å². The molecule has 104 valence electrons. The van der Waals surface area contributed by atoms with Gasteiger partial charge in [-0.25, -0.2) is 4.39 Å². The van der Waals surface area contributed by atoms with Crippen LogP contribution in [0.2, 0.25) is 0 Å². The first kappa shape index (κ1) is 13.3. The Morgan fingerprint density at radius 2 is 2.00 bits per heavy atom. The lowest BCUT2D eigenvalue weighted by atomic mass is 9.98. The maximum Gasteiger partial charge on any atom is 0.244 e. The van der Waals surface area contributed by atoms with E-state index in [0.717, 1.165) is 18.2 Å². The summed E-state index contributed by atoms with van der Waals surface area (Å²) in [5.74, 6) is -1.50. The largest absolute Gasteiger partial charge is 0.295 e. The second-order valence-electron chi connectivity index (χ2n) is 5.05. The summed E-state index contributed by atoms with van der Waals surface area (Å²) < 4.78 is 11.9. The molecule has 20 heavy (non-hydrogen) atoms. The summed E-state index contributed by atoms with van der Waals surface area (Å²) >= 11 is 0.902. The standard InChI is InChI=1S/C14H12FNO3S/c15-9-5-3-8(4-6-9)12(18)20-14-7-1-2-10(14)11(17)16-13(14)19/h3-6,10H,1-2,7H2,(H,16,17,19)/t10-,14+/m0/s1. The van der Waals surface area contributed by atoms with Crippen LogP contribution in [-0.2, 0) is 9.59 Å². The number of rotatable bonds is 2. The van der Waals surface area contributed by atoms with Gasteiger partial charge in [0, 0.05) is 5.56 Å². The lowest BCUT2D eigenvalue weighted by Gasteiger charge is -2.22. The number of fused-ring (bicyclic) bond motifs is 1. The second-order valence-corrected chi connectivity index (χ2v) is 6.35. The molecule has 3 rings (SSSR count). The third-order valence-electron chi connectivity index (χ3n) is 3.90. The van der Waals surface area contributed by atoms with Crippen LogP contribution < -0.4 is 5.32 Å². The fraction of sp³-hybridized carbons (Fsp3) is 0.357. The summed E-state index contributed by atoms with van der Waals surface area (Å²) in [7, 11) is 0. The highest BCUT2D eigenvalue weighted by Crippen LogP contribution is 2.50. The number of carbonyl (C=O) groups excluding carboxylic acids is 3. The number of halogens is 1. The third-order valence-corrected chi connectivity index (χ3v) is 5.36. The molecule has 0 aromatic heterocycles. The van der Waals surface area contributed by atoms with E-state index in [1.165, 1.54) is 24.3 Å². The maximum atomic E-state index is 12.9. The minimum Gasteiger partial charge on any atom is -0.295 e. The van der Waals surface area contributed by atoms with Crippen molar-refractivity contribution in [1.29, 1.82) is 0 Å². The fourth-order valence-electron chi connectivity index (χ4n) is 2.87. The number of hydrogen-bond acceptors (Lipinski definition) is 4. The van der Waals surface area contributed by atoms with Gasteiger partial charge in [-0.2, -0.15) is 0 Å². The van der Waals surface area contributed by atoms with Crippen LogP contribution in [0.4, 0.5) is 4.39 Å². The van der Waals surface area contributed by atoms with Gasteiger partial charge in [0.2, 0.25) is 16.9 Å². The number of imide groups is 1. The zero-order chi connectivity index (χ0) is 14.3. The van der Waals surface area contributed by atoms with Crippen molar-refractivity contribution >= 4 is 28.7 Å². The van der Waals surface area contributed by atoms with E-state index < -0.39 is 16.5 Å². The number of benzene rings is 1. The molecule has 2 amide bonds. The van der Waals surface area contributed by atoms with E-state index in [1.54, 1.807) is 0 Å². The van der Waals surface area contributed by atoms with E-state index in [-0.39, 0.29) is 16.9 Å². The minimum absolute atomic E-state index is 0.285. The third kappa shape index (κ3) is 1.95. The Bertz CT molecular complexity index is 601. The molecular formula is C14H12FNO3S. The van der Waals surface area contributed by atoms with Crippen LogP contribution in [0.25, 0.3) is 0 Å². The van der Waals surface area contributed by atoms with Gasteiger partial charge in [0.25, 0.3) is 0 Å². The molecule has 1 aliphatic heterocycles. The SMILES string of the molecule is O=C(S[C@]12CCC[C@H]1C(=O)NC2=O)c1ccc(F)cc1. The first-order chi connectivity index (χ1) is 9.53. The van der Waals surface area contributed by atoms with Crippen LogP contribution in [0.3, 0.4) is 0 Å². The molecule has 0 bridgehead atoms. The topological polar surface area (TPSA) is 63.2 Å². The number of carbonyl (C=O) groups is 3. The van der Waals surface area contributed by atoms with Crippen LogP contribution in [0.1, 0.15) is 29.6 Å². The lowest BCUT2D eigenvalue weighted by Crippen LogP contribution is -2.37. The molecule has 1 saturated heterocycles. The van der Waals surface area contributed by atoms with Crippen molar-refractivity contribution in [3.05, 3.63) is 35.6 Å². The van der Waals surface area contributed by atoms with Crippen LogP contribution in [-0.4, -0.2) is 21.7 Å².